The van der Waals surface area contributed by atoms with Crippen molar-refractivity contribution in [2.45, 2.75) is 43.0 Å². The van der Waals surface area contributed by atoms with Crippen molar-refractivity contribution in [1.82, 2.24) is 4.72 Å². The van der Waals surface area contributed by atoms with Gasteiger partial charge < -0.3 is 5.11 Å². The molecular weight excluding hydrogens is 258 g/mol. The standard InChI is InChI=1S/C11H17NO3S2/c1-11(2,9-3-4-9)12-17(14,15)10-5-8(6-13)7-16-10/h5,7,9,12-13H,3-4,6H2,1-2H3. The van der Waals surface area contributed by atoms with Crippen molar-refractivity contribution in [3.8, 4) is 0 Å². The summed E-state index contributed by atoms with van der Waals surface area (Å²) in [5.41, 5.74) is 0.252. The van der Waals surface area contributed by atoms with Crippen LogP contribution in [0.2, 0.25) is 0 Å². The number of nitrogens with one attached hydrogen (secondary N) is 1. The minimum absolute atomic E-state index is 0.127. The zero-order chi connectivity index (χ0) is 12.7. The molecular formula is C11H17NO3S2. The molecule has 0 saturated heterocycles. The van der Waals surface area contributed by atoms with E-state index in [4.69, 9.17) is 5.11 Å². The lowest BCUT2D eigenvalue weighted by Crippen LogP contribution is -2.44. The van der Waals surface area contributed by atoms with Gasteiger partial charge in [0.1, 0.15) is 4.21 Å². The smallest absolute Gasteiger partial charge is 0.250 e. The summed E-state index contributed by atoms with van der Waals surface area (Å²) >= 11 is 1.14. The lowest BCUT2D eigenvalue weighted by atomic mass is 10.0. The fourth-order valence-corrected chi connectivity index (χ4v) is 4.53. The maximum atomic E-state index is 12.1. The van der Waals surface area contributed by atoms with Crippen LogP contribution < -0.4 is 4.72 Å². The van der Waals surface area contributed by atoms with Crippen molar-refractivity contribution in [3.63, 3.8) is 0 Å². The first kappa shape index (κ1) is 13.0. The third-order valence-electron chi connectivity index (χ3n) is 3.07. The Morgan fingerprint density at radius 2 is 2.18 bits per heavy atom. The molecule has 0 aliphatic heterocycles. The molecule has 1 aromatic heterocycles. The van der Waals surface area contributed by atoms with Crippen LogP contribution in [0.1, 0.15) is 32.3 Å². The molecule has 1 aromatic rings. The first-order valence-corrected chi connectivity index (χ1v) is 7.94. The molecule has 4 nitrogen and oxygen atoms in total. The van der Waals surface area contributed by atoms with E-state index in [2.05, 4.69) is 4.72 Å². The van der Waals surface area contributed by atoms with Gasteiger partial charge in [-0.1, -0.05) is 0 Å². The summed E-state index contributed by atoms with van der Waals surface area (Å²) in [7, 11) is -3.45. The van der Waals surface area contributed by atoms with Gasteiger partial charge in [-0.2, -0.15) is 0 Å². The van der Waals surface area contributed by atoms with Gasteiger partial charge in [0.2, 0.25) is 0 Å². The first-order valence-electron chi connectivity index (χ1n) is 5.57. The molecule has 0 unspecified atom stereocenters. The first-order chi connectivity index (χ1) is 7.85. The topological polar surface area (TPSA) is 66.4 Å². The Morgan fingerprint density at radius 1 is 1.53 bits per heavy atom. The highest BCUT2D eigenvalue weighted by molar-refractivity contribution is 7.91. The van der Waals surface area contributed by atoms with E-state index in [1.165, 1.54) is 6.07 Å². The molecule has 0 amide bonds. The number of hydrogen-bond donors (Lipinski definition) is 2. The van der Waals surface area contributed by atoms with Crippen LogP contribution in [-0.4, -0.2) is 19.1 Å². The second-order valence-electron chi connectivity index (χ2n) is 5.03. The third-order valence-corrected chi connectivity index (χ3v) is 6.23. The van der Waals surface area contributed by atoms with Gasteiger partial charge in [-0.25, -0.2) is 13.1 Å². The lowest BCUT2D eigenvalue weighted by molar-refractivity contribution is 0.282. The number of thiophene rings is 1. The number of aliphatic hydroxyl groups excluding tert-OH is 1. The van der Waals surface area contributed by atoms with E-state index in [0.717, 1.165) is 24.2 Å². The molecule has 0 atom stereocenters. The number of sulfonamides is 1. The predicted octanol–water partition coefficient (Wildman–Crippen LogP) is 1.71. The summed E-state index contributed by atoms with van der Waals surface area (Å²) in [4.78, 5) is 0. The third kappa shape index (κ3) is 2.88. The van der Waals surface area contributed by atoms with Crippen LogP contribution in [0.3, 0.4) is 0 Å². The zero-order valence-corrected chi connectivity index (χ0v) is 11.6. The van der Waals surface area contributed by atoms with E-state index in [0.29, 0.717) is 11.5 Å². The van der Waals surface area contributed by atoms with E-state index in [9.17, 15) is 8.42 Å². The van der Waals surface area contributed by atoms with Gasteiger partial charge in [0.05, 0.1) is 6.61 Å². The van der Waals surface area contributed by atoms with Gasteiger partial charge >= 0.3 is 0 Å². The quantitative estimate of drug-likeness (QED) is 0.859. The highest BCUT2D eigenvalue weighted by Crippen LogP contribution is 2.40. The largest absolute Gasteiger partial charge is 0.392 e. The predicted molar refractivity (Wildman–Crippen MR) is 67.4 cm³/mol. The number of hydrogen-bond acceptors (Lipinski definition) is 4. The van der Waals surface area contributed by atoms with Gasteiger partial charge in [0.25, 0.3) is 10.0 Å². The van der Waals surface area contributed by atoms with Crippen molar-refractivity contribution >= 4 is 21.4 Å². The number of rotatable bonds is 5. The van der Waals surface area contributed by atoms with Gasteiger partial charge in [-0.15, -0.1) is 11.3 Å². The van der Waals surface area contributed by atoms with E-state index < -0.39 is 10.0 Å². The second kappa shape index (κ2) is 4.35. The SMILES string of the molecule is CC(C)(NS(=O)(=O)c1cc(CO)cs1)C1CC1. The summed E-state index contributed by atoms with van der Waals surface area (Å²) in [6.07, 6.45) is 2.17. The van der Waals surface area contributed by atoms with Crippen molar-refractivity contribution < 1.29 is 13.5 Å². The fraction of sp³-hybridized carbons (Fsp3) is 0.636. The maximum Gasteiger partial charge on any atom is 0.250 e. The summed E-state index contributed by atoms with van der Waals surface area (Å²) in [6.45, 7) is 3.71. The molecule has 96 valence electrons. The fourth-order valence-electron chi connectivity index (χ4n) is 1.86. The van der Waals surface area contributed by atoms with Crippen LogP contribution in [0.15, 0.2) is 15.7 Å². The highest BCUT2D eigenvalue weighted by Gasteiger charge is 2.40. The monoisotopic (exact) mass is 275 g/mol. The molecule has 0 spiro atoms. The lowest BCUT2D eigenvalue weighted by Gasteiger charge is -2.25. The molecule has 0 aromatic carbocycles. The van der Waals surface area contributed by atoms with E-state index in [1.807, 2.05) is 13.8 Å². The zero-order valence-electron chi connectivity index (χ0n) is 9.93. The highest BCUT2D eigenvalue weighted by atomic mass is 32.2. The molecule has 17 heavy (non-hydrogen) atoms. The Morgan fingerprint density at radius 3 is 2.65 bits per heavy atom. The van der Waals surface area contributed by atoms with Crippen LogP contribution in [-0.2, 0) is 16.6 Å². The van der Waals surface area contributed by atoms with E-state index in [-0.39, 0.29) is 16.4 Å². The Hall–Kier alpha value is -0.430. The minimum Gasteiger partial charge on any atom is -0.392 e. The molecule has 2 N–H and O–H groups in total. The molecule has 0 radical (unpaired) electrons. The van der Waals surface area contributed by atoms with Crippen molar-refractivity contribution in [2.24, 2.45) is 5.92 Å². The summed E-state index contributed by atoms with van der Waals surface area (Å²) < 4.78 is 27.3. The van der Waals surface area contributed by atoms with Crippen LogP contribution in [0.25, 0.3) is 0 Å². The maximum absolute atomic E-state index is 12.1. The molecule has 2 rings (SSSR count). The average molecular weight is 275 g/mol. The van der Waals surface area contributed by atoms with Crippen molar-refractivity contribution in [3.05, 3.63) is 17.0 Å². The van der Waals surface area contributed by atoms with Crippen LogP contribution in [0, 0.1) is 5.92 Å². The Labute approximate surface area is 106 Å². The normalized spacial score (nSPS) is 17.4. The Kier molecular flexibility index (Phi) is 3.33. The molecule has 1 saturated carbocycles. The van der Waals surface area contributed by atoms with E-state index >= 15 is 0 Å². The summed E-state index contributed by atoms with van der Waals surface area (Å²) in [6, 6.07) is 1.52. The van der Waals surface area contributed by atoms with Gasteiger partial charge in [-0.3, -0.25) is 0 Å². The van der Waals surface area contributed by atoms with Crippen LogP contribution >= 0.6 is 11.3 Å². The van der Waals surface area contributed by atoms with Crippen LogP contribution in [0.5, 0.6) is 0 Å². The van der Waals surface area contributed by atoms with Crippen molar-refractivity contribution in [2.75, 3.05) is 0 Å². The molecule has 0 bridgehead atoms. The molecule has 1 fully saturated rings. The molecule has 1 aliphatic carbocycles. The molecule has 6 heteroatoms. The summed E-state index contributed by atoms with van der Waals surface area (Å²) in [5.74, 6) is 0.439. The van der Waals surface area contributed by atoms with Gasteiger partial charge in [0.15, 0.2) is 0 Å². The Balaban J connectivity index is 2.18. The second-order valence-corrected chi connectivity index (χ2v) is 7.85. The molecule has 1 aliphatic rings. The van der Waals surface area contributed by atoms with E-state index in [1.54, 1.807) is 5.38 Å². The Bertz CT molecular complexity index is 501. The molecule has 1 heterocycles. The van der Waals surface area contributed by atoms with Crippen LogP contribution in [0.4, 0.5) is 0 Å². The number of aliphatic hydroxyl groups is 1. The van der Waals surface area contributed by atoms with Crippen molar-refractivity contribution in [1.29, 1.82) is 0 Å². The average Bonchev–Trinajstić information content (AvgIpc) is 2.95. The minimum atomic E-state index is -3.45. The van der Waals surface area contributed by atoms with Gasteiger partial charge in [0, 0.05) is 5.54 Å². The van der Waals surface area contributed by atoms with Gasteiger partial charge in [-0.05, 0) is 49.6 Å². The summed E-state index contributed by atoms with van der Waals surface area (Å²) in [5, 5.41) is 10.6.